The fourth-order valence-electron chi connectivity index (χ4n) is 2.94. The van der Waals surface area contributed by atoms with Crippen LogP contribution in [0.4, 0.5) is 5.69 Å². The van der Waals surface area contributed by atoms with E-state index in [1.165, 1.54) is 11.8 Å². The number of fused-ring (bicyclic) bond motifs is 3. The molecule has 140 valence electrons. The Bertz CT molecular complexity index is 1020. The molecule has 2 heterocycles. The fraction of sp³-hybridized carbons (Fsp3) is 0.136. The highest BCUT2D eigenvalue weighted by molar-refractivity contribution is 7.99. The Kier molecular flexibility index (Phi) is 5.39. The molecule has 2 aromatic carbocycles. The van der Waals surface area contributed by atoms with Crippen LogP contribution in [0.5, 0.6) is 5.88 Å². The summed E-state index contributed by atoms with van der Waals surface area (Å²) in [5.74, 6) is 1.19. The second-order valence-electron chi connectivity index (χ2n) is 6.33. The summed E-state index contributed by atoms with van der Waals surface area (Å²) in [5, 5.41) is 12.7. The van der Waals surface area contributed by atoms with E-state index in [9.17, 15) is 0 Å². The number of hydrogen-bond acceptors (Lipinski definition) is 6. The van der Waals surface area contributed by atoms with Gasteiger partial charge >= 0.3 is 0 Å². The van der Waals surface area contributed by atoms with Crippen molar-refractivity contribution in [3.8, 4) is 17.1 Å². The van der Waals surface area contributed by atoms with E-state index in [2.05, 4.69) is 45.3 Å². The van der Waals surface area contributed by atoms with E-state index in [4.69, 9.17) is 4.74 Å². The number of ether oxygens (including phenoxy) is 1. The minimum atomic E-state index is -0.364. The van der Waals surface area contributed by atoms with Crippen LogP contribution in [-0.4, -0.2) is 27.2 Å². The van der Waals surface area contributed by atoms with Crippen LogP contribution in [0, 0.1) is 0 Å². The van der Waals surface area contributed by atoms with Gasteiger partial charge in [-0.1, -0.05) is 72.4 Å². The van der Waals surface area contributed by atoms with Crippen molar-refractivity contribution in [2.75, 3.05) is 11.1 Å². The Hall–Kier alpha value is -3.12. The highest BCUT2D eigenvalue weighted by Crippen LogP contribution is 2.37. The summed E-state index contributed by atoms with van der Waals surface area (Å²) in [6.45, 7) is 5.78. The van der Waals surface area contributed by atoms with Crippen LogP contribution in [0.3, 0.4) is 0 Å². The second kappa shape index (κ2) is 8.27. The first-order valence-corrected chi connectivity index (χ1v) is 9.97. The average Bonchev–Trinajstić information content (AvgIpc) is 2.89. The van der Waals surface area contributed by atoms with Gasteiger partial charge in [-0.15, -0.1) is 16.8 Å². The molecule has 0 fully saturated rings. The summed E-state index contributed by atoms with van der Waals surface area (Å²) < 4.78 is 6.26. The third-order valence-electron chi connectivity index (χ3n) is 4.27. The number of hydrogen-bond donors (Lipinski definition) is 1. The van der Waals surface area contributed by atoms with Crippen molar-refractivity contribution in [3.63, 3.8) is 0 Å². The summed E-state index contributed by atoms with van der Waals surface area (Å²) >= 11 is 1.48. The quantitative estimate of drug-likeness (QED) is 0.487. The zero-order valence-corrected chi connectivity index (χ0v) is 16.3. The van der Waals surface area contributed by atoms with Crippen LogP contribution in [0.25, 0.3) is 17.3 Å². The molecule has 0 amide bonds. The van der Waals surface area contributed by atoms with Crippen LogP contribution >= 0.6 is 11.8 Å². The number of aromatic nitrogens is 3. The molecular weight excluding hydrogens is 368 g/mol. The first kappa shape index (κ1) is 18.3. The lowest BCUT2D eigenvalue weighted by Crippen LogP contribution is -2.27. The molecule has 0 radical (unpaired) electrons. The van der Waals surface area contributed by atoms with Crippen molar-refractivity contribution in [1.82, 2.24) is 15.2 Å². The van der Waals surface area contributed by atoms with Crippen LogP contribution in [-0.2, 0) is 0 Å². The van der Waals surface area contributed by atoms with Gasteiger partial charge in [-0.25, -0.2) is 0 Å². The normalized spacial score (nSPS) is 15.5. The summed E-state index contributed by atoms with van der Waals surface area (Å²) in [7, 11) is 0. The number of anilines is 1. The molecule has 0 unspecified atom stereocenters. The van der Waals surface area contributed by atoms with E-state index in [0.29, 0.717) is 22.5 Å². The molecule has 3 aromatic rings. The van der Waals surface area contributed by atoms with Crippen LogP contribution < -0.4 is 10.1 Å². The van der Waals surface area contributed by atoms with Crippen molar-refractivity contribution in [1.29, 1.82) is 0 Å². The Morgan fingerprint density at radius 1 is 1.14 bits per heavy atom. The number of rotatable bonds is 5. The number of thioether (sulfide) groups is 1. The Morgan fingerprint density at radius 2 is 1.93 bits per heavy atom. The SMILES string of the molecule is C=CCSc1nnc2c(n1)O[C@H](/C(C)=C/c1ccccc1)Nc1ccccc1-2. The highest BCUT2D eigenvalue weighted by Gasteiger charge is 2.25. The van der Waals surface area contributed by atoms with Crippen molar-refractivity contribution in [3.05, 3.63) is 78.4 Å². The van der Waals surface area contributed by atoms with Gasteiger partial charge in [0.25, 0.3) is 0 Å². The van der Waals surface area contributed by atoms with Gasteiger partial charge in [0.1, 0.15) is 0 Å². The third-order valence-corrected chi connectivity index (χ3v) is 5.10. The first-order chi connectivity index (χ1) is 13.7. The Balaban J connectivity index is 1.74. The van der Waals surface area contributed by atoms with E-state index >= 15 is 0 Å². The largest absolute Gasteiger partial charge is 0.448 e. The maximum absolute atomic E-state index is 6.26. The summed E-state index contributed by atoms with van der Waals surface area (Å²) in [6.07, 6.45) is 3.55. The van der Waals surface area contributed by atoms with E-state index in [1.807, 2.05) is 55.5 Å². The summed E-state index contributed by atoms with van der Waals surface area (Å²) in [5.41, 5.74) is 4.66. The topological polar surface area (TPSA) is 59.9 Å². The zero-order chi connectivity index (χ0) is 19.3. The van der Waals surface area contributed by atoms with E-state index < -0.39 is 0 Å². The molecule has 28 heavy (non-hydrogen) atoms. The smallest absolute Gasteiger partial charge is 0.247 e. The van der Waals surface area contributed by atoms with Crippen molar-refractivity contribution < 1.29 is 4.74 Å². The monoisotopic (exact) mass is 388 g/mol. The molecular formula is C22H20N4OS. The molecule has 1 aromatic heterocycles. The second-order valence-corrected chi connectivity index (χ2v) is 7.32. The molecule has 0 saturated heterocycles. The Morgan fingerprint density at radius 3 is 2.75 bits per heavy atom. The third kappa shape index (κ3) is 3.92. The van der Waals surface area contributed by atoms with Crippen molar-refractivity contribution >= 4 is 23.5 Å². The van der Waals surface area contributed by atoms with Gasteiger partial charge in [-0.05, 0) is 24.1 Å². The lowest BCUT2D eigenvalue weighted by molar-refractivity contribution is 0.255. The number of nitrogens with one attached hydrogen (secondary N) is 1. The molecule has 0 bridgehead atoms. The van der Waals surface area contributed by atoms with Gasteiger partial charge in [0.15, 0.2) is 11.9 Å². The van der Waals surface area contributed by atoms with E-state index in [0.717, 1.165) is 22.4 Å². The van der Waals surface area contributed by atoms with Gasteiger partial charge in [0.05, 0.1) is 0 Å². The predicted molar refractivity (Wildman–Crippen MR) is 114 cm³/mol. The molecule has 1 N–H and O–H groups in total. The van der Waals surface area contributed by atoms with Crippen molar-refractivity contribution in [2.45, 2.75) is 18.3 Å². The van der Waals surface area contributed by atoms with Gasteiger partial charge in [0, 0.05) is 17.0 Å². The van der Waals surface area contributed by atoms with Crippen LogP contribution in [0.2, 0.25) is 0 Å². The minimum Gasteiger partial charge on any atom is -0.448 e. The molecule has 4 rings (SSSR count). The summed E-state index contributed by atoms with van der Waals surface area (Å²) in [6, 6.07) is 18.1. The number of benzene rings is 2. The molecule has 6 heteroatoms. The van der Waals surface area contributed by atoms with Crippen molar-refractivity contribution in [2.24, 2.45) is 0 Å². The van der Waals surface area contributed by atoms with Gasteiger partial charge in [0.2, 0.25) is 11.0 Å². The number of para-hydroxylation sites is 1. The molecule has 0 aliphatic carbocycles. The Labute approximate surface area is 168 Å². The maximum atomic E-state index is 6.26. The average molecular weight is 388 g/mol. The van der Waals surface area contributed by atoms with Gasteiger partial charge < -0.3 is 10.1 Å². The lowest BCUT2D eigenvalue weighted by Gasteiger charge is -2.20. The molecule has 1 aliphatic rings. The maximum Gasteiger partial charge on any atom is 0.247 e. The molecule has 0 spiro atoms. The highest BCUT2D eigenvalue weighted by atomic mass is 32.2. The predicted octanol–water partition coefficient (Wildman–Crippen LogP) is 5.05. The molecule has 5 nitrogen and oxygen atoms in total. The van der Waals surface area contributed by atoms with Gasteiger partial charge in [-0.3, -0.25) is 0 Å². The first-order valence-electron chi connectivity index (χ1n) is 8.99. The number of nitrogens with zero attached hydrogens (tertiary/aromatic N) is 3. The lowest BCUT2D eigenvalue weighted by atomic mass is 10.1. The summed E-state index contributed by atoms with van der Waals surface area (Å²) in [4.78, 5) is 4.60. The zero-order valence-electron chi connectivity index (χ0n) is 15.5. The molecule has 1 aliphatic heterocycles. The van der Waals surface area contributed by atoms with Gasteiger partial charge in [-0.2, -0.15) is 4.98 Å². The van der Waals surface area contributed by atoms with Crippen LogP contribution in [0.15, 0.2) is 78.0 Å². The standard InChI is InChI=1S/C22H20N4OS/c1-3-13-28-22-24-21-19(25-26-22)17-11-7-8-12-18(17)23-20(27-21)15(2)14-16-9-5-4-6-10-16/h3-12,14,20,23H,1,13H2,2H3/b15-14+/t20-/m1/s1. The van der Waals surface area contributed by atoms with E-state index in [1.54, 1.807) is 0 Å². The van der Waals surface area contributed by atoms with E-state index in [-0.39, 0.29) is 6.23 Å². The van der Waals surface area contributed by atoms with Crippen LogP contribution in [0.1, 0.15) is 12.5 Å². The molecule has 1 atom stereocenters. The molecule has 0 saturated carbocycles. The minimum absolute atomic E-state index is 0.364. The fourth-order valence-corrected chi connectivity index (χ4v) is 3.45.